The number of nitrogens with zero attached hydrogens (tertiary/aromatic N) is 3. The molecular weight excluding hydrogens is 356 g/mol. The van der Waals surface area contributed by atoms with Gasteiger partial charge in [0, 0.05) is 17.5 Å². The molecule has 0 saturated heterocycles. The molecule has 3 aromatic heterocycles. The van der Waals surface area contributed by atoms with Crippen molar-refractivity contribution in [2.45, 2.75) is 17.0 Å². The minimum absolute atomic E-state index is 0.625. The Labute approximate surface area is 152 Å². The summed E-state index contributed by atoms with van der Waals surface area (Å²) >= 11 is 3.08. The summed E-state index contributed by atoms with van der Waals surface area (Å²) in [6.07, 6.45) is 1.61. The molecule has 6 nitrogen and oxygen atoms in total. The van der Waals surface area contributed by atoms with Crippen LogP contribution >= 0.6 is 23.1 Å². The highest BCUT2D eigenvalue weighted by atomic mass is 32.2. The molecule has 0 aliphatic rings. The second kappa shape index (κ2) is 7.12. The monoisotopic (exact) mass is 370 g/mol. The van der Waals surface area contributed by atoms with Crippen molar-refractivity contribution in [3.63, 3.8) is 0 Å². The third-order valence-electron chi connectivity index (χ3n) is 3.38. The van der Waals surface area contributed by atoms with Crippen molar-refractivity contribution < 1.29 is 8.94 Å². The maximum atomic E-state index is 5.29. The molecule has 0 fully saturated rings. The number of anilines is 2. The van der Waals surface area contributed by atoms with E-state index in [1.54, 1.807) is 18.0 Å². The second-order valence-corrected chi connectivity index (χ2v) is 7.51. The van der Waals surface area contributed by atoms with Crippen molar-refractivity contribution in [3.05, 3.63) is 60.0 Å². The Morgan fingerprint density at radius 3 is 2.80 bits per heavy atom. The van der Waals surface area contributed by atoms with Gasteiger partial charge in [0.25, 0.3) is 0 Å². The van der Waals surface area contributed by atoms with Crippen LogP contribution in [0, 0.1) is 6.92 Å². The van der Waals surface area contributed by atoms with E-state index in [0.717, 1.165) is 20.9 Å². The van der Waals surface area contributed by atoms with Gasteiger partial charge < -0.3 is 14.3 Å². The van der Waals surface area contributed by atoms with Crippen LogP contribution < -0.4 is 5.32 Å². The van der Waals surface area contributed by atoms with Crippen molar-refractivity contribution in [1.29, 1.82) is 0 Å². The molecule has 0 spiro atoms. The van der Waals surface area contributed by atoms with Gasteiger partial charge in [-0.05, 0) is 31.2 Å². The summed E-state index contributed by atoms with van der Waals surface area (Å²) in [5.74, 6) is 1.95. The van der Waals surface area contributed by atoms with Crippen LogP contribution in [0.4, 0.5) is 10.8 Å². The van der Waals surface area contributed by atoms with Gasteiger partial charge in [0.05, 0.1) is 12.0 Å². The molecule has 3 heterocycles. The number of aromatic nitrogens is 3. The van der Waals surface area contributed by atoms with Crippen LogP contribution in [0.2, 0.25) is 0 Å². The van der Waals surface area contributed by atoms with Crippen molar-refractivity contribution in [2.75, 3.05) is 5.32 Å². The van der Waals surface area contributed by atoms with Crippen LogP contribution in [-0.2, 0) is 5.75 Å². The molecule has 126 valence electrons. The Morgan fingerprint density at radius 1 is 1.12 bits per heavy atom. The van der Waals surface area contributed by atoms with E-state index in [-0.39, 0.29) is 0 Å². The average Bonchev–Trinajstić information content (AvgIpc) is 3.36. The highest BCUT2D eigenvalue weighted by Gasteiger charge is 2.11. The Balaban J connectivity index is 1.36. The van der Waals surface area contributed by atoms with Crippen LogP contribution in [-0.4, -0.2) is 15.4 Å². The fourth-order valence-electron chi connectivity index (χ4n) is 2.13. The van der Waals surface area contributed by atoms with Crippen LogP contribution in [0.5, 0.6) is 0 Å². The molecule has 4 aromatic rings. The van der Waals surface area contributed by atoms with Crippen molar-refractivity contribution in [1.82, 2.24) is 15.4 Å². The Hall–Kier alpha value is -2.58. The lowest BCUT2D eigenvalue weighted by molar-refractivity contribution is 0.413. The van der Waals surface area contributed by atoms with E-state index in [1.165, 1.54) is 16.9 Å². The van der Waals surface area contributed by atoms with Gasteiger partial charge in [-0.25, -0.2) is 0 Å². The van der Waals surface area contributed by atoms with E-state index in [2.05, 4.69) is 39.7 Å². The first-order valence-corrected chi connectivity index (χ1v) is 9.36. The molecule has 0 unspecified atom stereocenters. The van der Waals surface area contributed by atoms with Crippen molar-refractivity contribution >= 4 is 33.9 Å². The second-order valence-electron chi connectivity index (χ2n) is 5.31. The summed E-state index contributed by atoms with van der Waals surface area (Å²) in [5.41, 5.74) is 3.05. The molecular formula is C17H14N4O2S2. The minimum atomic E-state index is 0.625. The summed E-state index contributed by atoms with van der Waals surface area (Å²) in [5, 5.41) is 16.4. The van der Waals surface area contributed by atoms with E-state index in [0.29, 0.717) is 17.3 Å². The molecule has 0 bridgehead atoms. The van der Waals surface area contributed by atoms with Crippen molar-refractivity contribution in [3.8, 4) is 11.5 Å². The van der Waals surface area contributed by atoms with Gasteiger partial charge >= 0.3 is 0 Å². The zero-order valence-electron chi connectivity index (χ0n) is 13.3. The van der Waals surface area contributed by atoms with Crippen molar-refractivity contribution in [2.24, 2.45) is 0 Å². The molecule has 0 aliphatic carbocycles. The van der Waals surface area contributed by atoms with E-state index >= 15 is 0 Å². The number of benzene rings is 1. The summed E-state index contributed by atoms with van der Waals surface area (Å²) in [4.78, 5) is 0. The summed E-state index contributed by atoms with van der Waals surface area (Å²) in [7, 11) is 0. The zero-order valence-corrected chi connectivity index (χ0v) is 14.9. The minimum Gasteiger partial charge on any atom is -0.461 e. The lowest BCUT2D eigenvalue weighted by Gasteiger charge is -2.01. The normalized spacial score (nSPS) is 10.9. The number of nitrogens with one attached hydrogen (secondary N) is 1. The maximum absolute atomic E-state index is 5.29. The number of thioether (sulfide) groups is 1. The number of aryl methyl sites for hydroxylation is 1. The van der Waals surface area contributed by atoms with E-state index in [9.17, 15) is 0 Å². The largest absolute Gasteiger partial charge is 0.461 e. The predicted molar refractivity (Wildman–Crippen MR) is 98.1 cm³/mol. The summed E-state index contributed by atoms with van der Waals surface area (Å²) in [6.45, 7) is 2.06. The first kappa shape index (κ1) is 15.9. The van der Waals surface area contributed by atoms with Crippen LogP contribution in [0.1, 0.15) is 11.3 Å². The van der Waals surface area contributed by atoms with Gasteiger partial charge in [-0.1, -0.05) is 46.0 Å². The number of rotatable bonds is 6. The Bertz CT molecular complexity index is 945. The third kappa shape index (κ3) is 3.92. The maximum Gasteiger partial charge on any atom is 0.210 e. The van der Waals surface area contributed by atoms with Gasteiger partial charge in [0.2, 0.25) is 10.9 Å². The highest BCUT2D eigenvalue weighted by molar-refractivity contribution is 8.00. The van der Waals surface area contributed by atoms with E-state index in [4.69, 9.17) is 8.94 Å². The molecule has 8 heteroatoms. The molecule has 0 atom stereocenters. The Kier molecular flexibility index (Phi) is 4.53. The molecule has 1 N–H and O–H groups in total. The molecule has 0 aliphatic heterocycles. The first-order valence-electron chi connectivity index (χ1n) is 7.56. The molecule has 1 aromatic carbocycles. The third-order valence-corrected chi connectivity index (χ3v) is 5.38. The molecule has 4 rings (SSSR count). The van der Waals surface area contributed by atoms with Crippen LogP contribution in [0.25, 0.3) is 11.5 Å². The zero-order chi connectivity index (χ0) is 17.1. The van der Waals surface area contributed by atoms with Gasteiger partial charge in [-0.15, -0.1) is 10.2 Å². The van der Waals surface area contributed by atoms with E-state index < -0.39 is 0 Å². The topological polar surface area (TPSA) is 77.0 Å². The highest BCUT2D eigenvalue weighted by Crippen LogP contribution is 2.30. The lowest BCUT2D eigenvalue weighted by atomic mass is 10.2. The smallest absolute Gasteiger partial charge is 0.210 e. The van der Waals surface area contributed by atoms with Gasteiger partial charge in [0.1, 0.15) is 0 Å². The summed E-state index contributed by atoms with van der Waals surface area (Å²) < 4.78 is 11.5. The molecule has 25 heavy (non-hydrogen) atoms. The number of furan rings is 1. The fraction of sp³-hybridized carbons (Fsp3) is 0.118. The molecule has 0 radical (unpaired) electrons. The van der Waals surface area contributed by atoms with Crippen LogP contribution in [0.15, 0.2) is 62.0 Å². The predicted octanol–water partition coefficient (Wildman–Crippen LogP) is 5.13. The number of hydrogen-bond acceptors (Lipinski definition) is 8. The number of hydrogen-bond donors (Lipinski definition) is 1. The summed E-state index contributed by atoms with van der Waals surface area (Å²) in [6, 6.07) is 13.7. The van der Waals surface area contributed by atoms with E-state index in [1.807, 2.05) is 30.3 Å². The van der Waals surface area contributed by atoms with Gasteiger partial charge in [-0.3, -0.25) is 0 Å². The van der Waals surface area contributed by atoms with Gasteiger partial charge in [-0.2, -0.15) is 0 Å². The molecule has 0 saturated carbocycles. The standard InChI is InChI=1S/C17H14N4O2S2/c1-11-4-6-12(7-5-11)18-16-19-20-17(25-16)24-10-13-9-15(23-21-13)14-3-2-8-22-14/h2-9H,10H2,1H3,(H,18,19). The lowest BCUT2D eigenvalue weighted by Crippen LogP contribution is -1.88. The molecule has 0 amide bonds. The van der Waals surface area contributed by atoms with Gasteiger partial charge in [0.15, 0.2) is 10.1 Å². The fourth-order valence-corrected chi connectivity index (χ4v) is 3.78. The first-order chi connectivity index (χ1) is 12.3. The average molecular weight is 370 g/mol. The Morgan fingerprint density at radius 2 is 2.00 bits per heavy atom. The SMILES string of the molecule is Cc1ccc(Nc2nnc(SCc3cc(-c4ccco4)on3)s2)cc1. The van der Waals surface area contributed by atoms with Crippen LogP contribution in [0.3, 0.4) is 0 Å². The quantitative estimate of drug-likeness (QED) is 0.471.